The van der Waals surface area contributed by atoms with Crippen molar-refractivity contribution in [2.24, 2.45) is 7.05 Å². The van der Waals surface area contributed by atoms with E-state index in [1.54, 1.807) is 41.6 Å². The van der Waals surface area contributed by atoms with Crippen LogP contribution in [0, 0.1) is 6.92 Å². The van der Waals surface area contributed by atoms with Gasteiger partial charge in [0.05, 0.1) is 11.4 Å². The average Bonchev–Trinajstić information content (AvgIpc) is 3.19. The molecule has 1 fully saturated rings. The third-order valence-corrected chi connectivity index (χ3v) is 5.42. The third kappa shape index (κ3) is 4.37. The lowest BCUT2D eigenvalue weighted by Gasteiger charge is -2.31. The van der Waals surface area contributed by atoms with Crippen LogP contribution >= 0.6 is 0 Å². The summed E-state index contributed by atoms with van der Waals surface area (Å²) in [5.41, 5.74) is 2.88. The zero-order chi connectivity index (χ0) is 20.9. The number of hydrogen-bond acceptors (Lipinski definition) is 6. The highest BCUT2D eigenvalue weighted by molar-refractivity contribution is 5.91. The average molecular weight is 403 g/mol. The Kier molecular flexibility index (Phi) is 5.83. The highest BCUT2D eigenvalue weighted by Crippen LogP contribution is 2.31. The van der Waals surface area contributed by atoms with E-state index in [-0.39, 0.29) is 11.8 Å². The maximum absolute atomic E-state index is 12.6. The summed E-state index contributed by atoms with van der Waals surface area (Å²) in [5.74, 6) is 1.79. The SMILES string of the molecule is Cc1cccnc1Nc1nccnc1C1CCN(C(=O)/C=C/c2ccnn2C)CC1. The van der Waals surface area contributed by atoms with E-state index in [0.717, 1.165) is 41.4 Å². The lowest BCUT2D eigenvalue weighted by Crippen LogP contribution is -2.37. The number of aromatic nitrogens is 5. The van der Waals surface area contributed by atoms with E-state index in [4.69, 9.17) is 0 Å². The van der Waals surface area contributed by atoms with Crippen LogP contribution in [-0.4, -0.2) is 48.6 Å². The summed E-state index contributed by atoms with van der Waals surface area (Å²) >= 11 is 0. The molecular weight excluding hydrogens is 378 g/mol. The summed E-state index contributed by atoms with van der Waals surface area (Å²) in [6.45, 7) is 3.39. The van der Waals surface area contributed by atoms with Crippen molar-refractivity contribution in [1.29, 1.82) is 0 Å². The zero-order valence-electron chi connectivity index (χ0n) is 17.2. The predicted molar refractivity (Wildman–Crippen MR) is 115 cm³/mol. The van der Waals surface area contributed by atoms with E-state index in [1.807, 2.05) is 37.1 Å². The summed E-state index contributed by atoms with van der Waals surface area (Å²) < 4.78 is 1.74. The molecule has 4 heterocycles. The normalized spacial score (nSPS) is 14.9. The first-order valence-electron chi connectivity index (χ1n) is 10.1. The Balaban J connectivity index is 1.41. The van der Waals surface area contributed by atoms with Gasteiger partial charge in [0, 0.05) is 56.9 Å². The fourth-order valence-corrected chi connectivity index (χ4v) is 3.66. The Morgan fingerprint density at radius 1 is 1.07 bits per heavy atom. The summed E-state index contributed by atoms with van der Waals surface area (Å²) in [5, 5.41) is 7.44. The monoisotopic (exact) mass is 403 g/mol. The number of hydrogen-bond donors (Lipinski definition) is 1. The van der Waals surface area contributed by atoms with E-state index >= 15 is 0 Å². The minimum atomic E-state index is 0.0243. The number of aryl methyl sites for hydroxylation is 2. The number of likely N-dealkylation sites (tertiary alicyclic amines) is 1. The molecule has 0 bridgehead atoms. The number of anilines is 2. The molecule has 1 saturated heterocycles. The van der Waals surface area contributed by atoms with Crippen molar-refractivity contribution in [2.45, 2.75) is 25.7 Å². The lowest BCUT2D eigenvalue weighted by atomic mass is 9.93. The molecule has 1 N–H and O–H groups in total. The quantitative estimate of drug-likeness (QED) is 0.659. The van der Waals surface area contributed by atoms with Crippen molar-refractivity contribution < 1.29 is 4.79 Å². The van der Waals surface area contributed by atoms with Crippen LogP contribution in [0.1, 0.15) is 35.7 Å². The molecule has 8 heteroatoms. The molecule has 154 valence electrons. The van der Waals surface area contributed by atoms with Gasteiger partial charge in [-0.15, -0.1) is 0 Å². The molecule has 3 aromatic rings. The van der Waals surface area contributed by atoms with Crippen LogP contribution in [0.4, 0.5) is 11.6 Å². The molecule has 4 rings (SSSR count). The number of carbonyl (C=O) groups excluding carboxylic acids is 1. The van der Waals surface area contributed by atoms with Gasteiger partial charge in [0.2, 0.25) is 5.91 Å². The molecule has 1 aliphatic heterocycles. The second kappa shape index (κ2) is 8.86. The molecule has 8 nitrogen and oxygen atoms in total. The zero-order valence-corrected chi connectivity index (χ0v) is 17.2. The minimum absolute atomic E-state index is 0.0243. The molecule has 0 aliphatic carbocycles. The Hall–Kier alpha value is -3.55. The van der Waals surface area contributed by atoms with Crippen molar-refractivity contribution >= 4 is 23.6 Å². The first-order valence-corrected chi connectivity index (χ1v) is 10.1. The first kappa shape index (κ1) is 19.8. The van der Waals surface area contributed by atoms with E-state index < -0.39 is 0 Å². The Labute approximate surface area is 175 Å². The molecule has 3 aromatic heterocycles. The van der Waals surface area contributed by atoms with Gasteiger partial charge in [-0.2, -0.15) is 5.10 Å². The maximum atomic E-state index is 12.6. The van der Waals surface area contributed by atoms with Gasteiger partial charge in [-0.05, 0) is 43.5 Å². The Bertz CT molecular complexity index is 1050. The van der Waals surface area contributed by atoms with Gasteiger partial charge in [-0.1, -0.05) is 6.07 Å². The van der Waals surface area contributed by atoms with Crippen LogP contribution in [0.5, 0.6) is 0 Å². The predicted octanol–water partition coefficient (Wildman–Crippen LogP) is 3.08. The maximum Gasteiger partial charge on any atom is 0.246 e. The van der Waals surface area contributed by atoms with Gasteiger partial charge >= 0.3 is 0 Å². The van der Waals surface area contributed by atoms with Gasteiger partial charge < -0.3 is 10.2 Å². The fraction of sp³-hybridized carbons (Fsp3) is 0.318. The standard InChI is InChI=1S/C22H25N7O/c1-16-4-3-10-24-21(16)27-22-20(23-12-13-25-22)17-8-14-29(15-9-17)19(30)6-5-18-7-11-26-28(18)2/h3-7,10-13,17H,8-9,14-15H2,1-2H3,(H,24,25,27)/b6-5+. The molecule has 0 atom stereocenters. The van der Waals surface area contributed by atoms with Gasteiger partial charge in [0.1, 0.15) is 5.82 Å². The topological polar surface area (TPSA) is 88.8 Å². The summed E-state index contributed by atoms with van der Waals surface area (Å²) in [4.78, 5) is 27.9. The molecule has 30 heavy (non-hydrogen) atoms. The van der Waals surface area contributed by atoms with Crippen LogP contribution in [0.3, 0.4) is 0 Å². The highest BCUT2D eigenvalue weighted by atomic mass is 16.2. The second-order valence-corrected chi connectivity index (χ2v) is 7.40. The van der Waals surface area contributed by atoms with Crippen molar-refractivity contribution in [1.82, 2.24) is 29.6 Å². The van der Waals surface area contributed by atoms with Gasteiger partial charge in [-0.25, -0.2) is 9.97 Å². The summed E-state index contributed by atoms with van der Waals surface area (Å²) in [7, 11) is 1.86. The third-order valence-electron chi connectivity index (χ3n) is 5.42. The number of rotatable bonds is 5. The summed E-state index contributed by atoms with van der Waals surface area (Å²) in [6, 6.07) is 5.80. The fourth-order valence-electron chi connectivity index (χ4n) is 3.66. The Morgan fingerprint density at radius 2 is 1.83 bits per heavy atom. The van der Waals surface area contributed by atoms with Crippen LogP contribution in [-0.2, 0) is 11.8 Å². The smallest absolute Gasteiger partial charge is 0.246 e. The van der Waals surface area contributed by atoms with E-state index in [0.29, 0.717) is 13.1 Å². The largest absolute Gasteiger partial charge is 0.339 e. The van der Waals surface area contributed by atoms with E-state index in [1.165, 1.54) is 0 Å². The van der Waals surface area contributed by atoms with Gasteiger partial charge in [0.15, 0.2) is 5.82 Å². The lowest BCUT2D eigenvalue weighted by molar-refractivity contribution is -0.126. The van der Waals surface area contributed by atoms with Crippen molar-refractivity contribution in [2.75, 3.05) is 18.4 Å². The van der Waals surface area contributed by atoms with Crippen molar-refractivity contribution in [3.63, 3.8) is 0 Å². The first-order chi connectivity index (χ1) is 14.6. The number of amides is 1. The van der Waals surface area contributed by atoms with Crippen LogP contribution < -0.4 is 5.32 Å². The highest BCUT2D eigenvalue weighted by Gasteiger charge is 2.26. The molecule has 0 aromatic carbocycles. The van der Waals surface area contributed by atoms with Crippen LogP contribution in [0.25, 0.3) is 6.08 Å². The molecule has 0 spiro atoms. The molecule has 1 aliphatic rings. The van der Waals surface area contributed by atoms with Crippen LogP contribution in [0.2, 0.25) is 0 Å². The molecule has 1 amide bonds. The molecular formula is C22H25N7O. The second-order valence-electron chi connectivity index (χ2n) is 7.40. The van der Waals surface area contributed by atoms with Gasteiger partial charge in [-0.3, -0.25) is 14.5 Å². The van der Waals surface area contributed by atoms with Crippen LogP contribution in [0.15, 0.2) is 49.1 Å². The molecule has 0 unspecified atom stereocenters. The van der Waals surface area contributed by atoms with E-state index in [2.05, 4.69) is 25.4 Å². The van der Waals surface area contributed by atoms with Crippen molar-refractivity contribution in [3.8, 4) is 0 Å². The van der Waals surface area contributed by atoms with Gasteiger partial charge in [0.25, 0.3) is 0 Å². The number of nitrogens with one attached hydrogen (secondary N) is 1. The molecule has 0 radical (unpaired) electrons. The molecule has 0 saturated carbocycles. The van der Waals surface area contributed by atoms with E-state index in [9.17, 15) is 4.79 Å². The number of nitrogens with zero attached hydrogens (tertiary/aromatic N) is 6. The number of carbonyl (C=O) groups is 1. The Morgan fingerprint density at radius 3 is 2.57 bits per heavy atom. The number of piperidine rings is 1. The minimum Gasteiger partial charge on any atom is -0.339 e. The number of pyridine rings is 1. The van der Waals surface area contributed by atoms with Crippen molar-refractivity contribution in [3.05, 3.63) is 66.0 Å². The summed E-state index contributed by atoms with van der Waals surface area (Å²) in [6.07, 6.45) is 12.0.